The Kier molecular flexibility index (Phi) is 4.61. The number of benzene rings is 1. The smallest absolute Gasteiger partial charge is 0.336 e. The summed E-state index contributed by atoms with van der Waals surface area (Å²) in [7, 11) is 3.24. The first-order valence-corrected chi connectivity index (χ1v) is 7.86. The minimum atomic E-state index is -0.493. The Morgan fingerprint density at radius 1 is 1.16 bits per heavy atom. The Morgan fingerprint density at radius 2 is 1.96 bits per heavy atom. The number of amides is 1. The molecule has 3 rings (SSSR count). The zero-order valence-corrected chi connectivity index (χ0v) is 14.4. The molecule has 25 heavy (non-hydrogen) atoms. The molecule has 2 heterocycles. The molecule has 0 N–H and O–H groups in total. The molecule has 0 bridgehead atoms. The van der Waals surface area contributed by atoms with Gasteiger partial charge in [-0.15, -0.1) is 0 Å². The zero-order chi connectivity index (χ0) is 18.0. The highest BCUT2D eigenvalue weighted by Gasteiger charge is 2.15. The van der Waals surface area contributed by atoms with E-state index in [0.29, 0.717) is 23.4 Å². The minimum absolute atomic E-state index is 0.102. The summed E-state index contributed by atoms with van der Waals surface area (Å²) in [6.45, 7) is 2.23. The van der Waals surface area contributed by atoms with Crippen LogP contribution >= 0.6 is 0 Å². The lowest BCUT2D eigenvalue weighted by atomic mass is 10.1. The number of rotatable bonds is 5. The van der Waals surface area contributed by atoms with E-state index in [1.54, 1.807) is 30.1 Å². The van der Waals surface area contributed by atoms with Gasteiger partial charge in [0.1, 0.15) is 22.9 Å². The van der Waals surface area contributed by atoms with Gasteiger partial charge in [-0.1, -0.05) is 0 Å². The highest BCUT2D eigenvalue weighted by molar-refractivity contribution is 5.87. The van der Waals surface area contributed by atoms with Crippen molar-refractivity contribution in [3.63, 3.8) is 0 Å². The van der Waals surface area contributed by atoms with Crippen molar-refractivity contribution in [2.45, 2.75) is 19.9 Å². The van der Waals surface area contributed by atoms with Crippen LogP contribution in [0.2, 0.25) is 0 Å². The van der Waals surface area contributed by atoms with Crippen molar-refractivity contribution >= 4 is 16.9 Å². The largest absolute Gasteiger partial charge is 0.497 e. The van der Waals surface area contributed by atoms with Gasteiger partial charge in [-0.25, -0.2) is 4.79 Å². The van der Waals surface area contributed by atoms with Gasteiger partial charge < -0.3 is 18.5 Å². The van der Waals surface area contributed by atoms with E-state index in [4.69, 9.17) is 13.6 Å². The Labute approximate surface area is 144 Å². The van der Waals surface area contributed by atoms with E-state index in [1.807, 2.05) is 19.1 Å². The number of hydrogen-bond donors (Lipinski definition) is 0. The molecule has 6 heteroatoms. The number of hydrogen-bond acceptors (Lipinski definition) is 5. The summed E-state index contributed by atoms with van der Waals surface area (Å²) in [5.41, 5.74) is 0.535. The number of carbonyl (C=O) groups excluding carboxylic acids is 1. The molecule has 0 aliphatic rings. The molecule has 1 aromatic carbocycles. The molecule has 0 radical (unpaired) electrons. The number of ether oxygens (including phenoxy) is 1. The number of carbonyl (C=O) groups is 1. The van der Waals surface area contributed by atoms with Crippen LogP contribution in [0.1, 0.15) is 17.1 Å². The lowest BCUT2D eigenvalue weighted by Gasteiger charge is -2.16. The van der Waals surface area contributed by atoms with Gasteiger partial charge in [0.25, 0.3) is 0 Å². The molecular formula is C19H19NO5. The summed E-state index contributed by atoms with van der Waals surface area (Å²) in [5.74, 6) is 1.99. The third-order valence-corrected chi connectivity index (χ3v) is 3.99. The van der Waals surface area contributed by atoms with E-state index < -0.39 is 5.63 Å². The van der Waals surface area contributed by atoms with Crippen LogP contribution in [0.4, 0.5) is 0 Å². The Morgan fingerprint density at radius 3 is 2.64 bits per heavy atom. The van der Waals surface area contributed by atoms with E-state index in [2.05, 4.69) is 0 Å². The van der Waals surface area contributed by atoms with Crippen LogP contribution in [-0.4, -0.2) is 25.0 Å². The molecule has 2 aromatic heterocycles. The van der Waals surface area contributed by atoms with Crippen LogP contribution in [0.5, 0.6) is 5.75 Å². The molecule has 130 valence electrons. The van der Waals surface area contributed by atoms with Crippen LogP contribution in [0.25, 0.3) is 11.0 Å². The summed E-state index contributed by atoms with van der Waals surface area (Å²) in [5, 5.41) is 0.719. The lowest BCUT2D eigenvalue weighted by molar-refractivity contribution is -0.129. The highest BCUT2D eigenvalue weighted by atomic mass is 16.5. The maximum Gasteiger partial charge on any atom is 0.336 e. The summed E-state index contributed by atoms with van der Waals surface area (Å²) in [4.78, 5) is 25.9. The quantitative estimate of drug-likeness (QED) is 0.667. The second-order valence-electron chi connectivity index (χ2n) is 5.89. The maximum absolute atomic E-state index is 12.5. The van der Waals surface area contributed by atoms with Crippen molar-refractivity contribution in [3.8, 4) is 5.75 Å². The maximum atomic E-state index is 12.5. The van der Waals surface area contributed by atoms with Crippen LogP contribution in [0.3, 0.4) is 0 Å². The predicted molar refractivity (Wildman–Crippen MR) is 92.7 cm³/mol. The Bertz CT molecular complexity index is 969. The highest BCUT2D eigenvalue weighted by Crippen LogP contribution is 2.23. The van der Waals surface area contributed by atoms with Crippen LogP contribution in [0.15, 0.2) is 50.0 Å². The van der Waals surface area contributed by atoms with Crippen LogP contribution < -0.4 is 10.4 Å². The molecule has 6 nitrogen and oxygen atoms in total. The topological polar surface area (TPSA) is 72.9 Å². The Balaban J connectivity index is 1.84. The van der Waals surface area contributed by atoms with Crippen molar-refractivity contribution in [1.82, 2.24) is 4.90 Å². The number of methoxy groups -OCH3 is 1. The van der Waals surface area contributed by atoms with E-state index in [9.17, 15) is 9.59 Å². The van der Waals surface area contributed by atoms with Gasteiger partial charge in [-0.3, -0.25) is 4.79 Å². The van der Waals surface area contributed by atoms with Crippen molar-refractivity contribution < 1.29 is 18.4 Å². The predicted octanol–water partition coefficient (Wildman–Crippen LogP) is 2.90. The summed E-state index contributed by atoms with van der Waals surface area (Å²) in [6.07, 6.45) is 0.102. The van der Waals surface area contributed by atoms with E-state index >= 15 is 0 Å². The fourth-order valence-corrected chi connectivity index (χ4v) is 2.67. The van der Waals surface area contributed by atoms with E-state index in [1.165, 1.54) is 13.2 Å². The van der Waals surface area contributed by atoms with Gasteiger partial charge >= 0.3 is 5.63 Å². The number of furan rings is 1. The fourth-order valence-electron chi connectivity index (χ4n) is 2.67. The van der Waals surface area contributed by atoms with Crippen molar-refractivity contribution in [2.24, 2.45) is 0 Å². The zero-order valence-electron chi connectivity index (χ0n) is 14.4. The van der Waals surface area contributed by atoms with E-state index in [0.717, 1.165) is 16.9 Å². The molecule has 0 saturated carbocycles. The molecule has 0 atom stereocenters. The van der Waals surface area contributed by atoms with Gasteiger partial charge in [0, 0.05) is 24.6 Å². The SMILES string of the molecule is COc1ccc2c(CC(=O)N(C)Cc3ccc(C)o3)cc(=O)oc2c1. The molecular weight excluding hydrogens is 322 g/mol. The lowest BCUT2D eigenvalue weighted by Crippen LogP contribution is -2.27. The summed E-state index contributed by atoms with van der Waals surface area (Å²) in [6, 6.07) is 10.3. The van der Waals surface area contributed by atoms with Crippen molar-refractivity contribution in [1.29, 1.82) is 0 Å². The first kappa shape index (κ1) is 16.8. The van der Waals surface area contributed by atoms with Gasteiger partial charge in [-0.05, 0) is 36.8 Å². The molecule has 0 aliphatic heterocycles. The van der Waals surface area contributed by atoms with Gasteiger partial charge in [0.05, 0.1) is 20.1 Å². The number of fused-ring (bicyclic) bond motifs is 1. The summed E-state index contributed by atoms with van der Waals surface area (Å²) >= 11 is 0. The molecule has 0 spiro atoms. The van der Waals surface area contributed by atoms with Crippen LogP contribution in [0, 0.1) is 6.92 Å². The molecule has 1 amide bonds. The second kappa shape index (κ2) is 6.84. The number of aryl methyl sites for hydroxylation is 1. The monoisotopic (exact) mass is 341 g/mol. The normalized spacial score (nSPS) is 10.8. The first-order valence-electron chi connectivity index (χ1n) is 7.86. The average molecular weight is 341 g/mol. The molecule has 0 saturated heterocycles. The standard InChI is InChI=1S/C19H19NO5/c1-12-4-5-15(24-12)11-20(2)18(21)8-13-9-19(22)25-17-10-14(23-3)6-7-16(13)17/h4-7,9-10H,8,11H2,1-3H3. The fraction of sp³-hybridized carbons (Fsp3) is 0.263. The molecule has 3 aromatic rings. The molecule has 0 fully saturated rings. The average Bonchev–Trinajstić information content (AvgIpc) is 2.98. The van der Waals surface area contributed by atoms with Gasteiger partial charge in [0.15, 0.2) is 0 Å². The summed E-state index contributed by atoms with van der Waals surface area (Å²) < 4.78 is 15.8. The van der Waals surface area contributed by atoms with Crippen LogP contribution in [-0.2, 0) is 17.8 Å². The third kappa shape index (κ3) is 3.74. The number of likely N-dealkylation sites (N-methyl/N-ethyl adjacent to an activating group) is 1. The second-order valence-corrected chi connectivity index (χ2v) is 5.89. The minimum Gasteiger partial charge on any atom is -0.497 e. The van der Waals surface area contributed by atoms with Crippen molar-refractivity contribution in [3.05, 3.63) is 63.9 Å². The van der Waals surface area contributed by atoms with E-state index in [-0.39, 0.29) is 12.3 Å². The number of nitrogens with zero attached hydrogens (tertiary/aromatic N) is 1. The molecule has 0 aliphatic carbocycles. The van der Waals surface area contributed by atoms with Gasteiger partial charge in [-0.2, -0.15) is 0 Å². The Hall–Kier alpha value is -3.02. The first-order chi connectivity index (χ1) is 12.0. The van der Waals surface area contributed by atoms with Gasteiger partial charge in [0.2, 0.25) is 5.91 Å². The van der Waals surface area contributed by atoms with Crippen molar-refractivity contribution in [2.75, 3.05) is 14.2 Å². The third-order valence-electron chi connectivity index (χ3n) is 3.99. The molecule has 0 unspecified atom stereocenters.